The van der Waals surface area contributed by atoms with Gasteiger partial charge < -0.3 is 16.0 Å². The smallest absolute Gasteiger partial charge is 0.239 e. The summed E-state index contributed by atoms with van der Waals surface area (Å²) in [6.45, 7) is 6.96. The largest absolute Gasteiger partial charge is 0.368 e. The van der Waals surface area contributed by atoms with Crippen LogP contribution in [0.25, 0.3) is 11.4 Å². The minimum absolute atomic E-state index is 0.0901. The molecule has 0 radical (unpaired) electrons. The molecule has 1 aromatic heterocycles. The predicted molar refractivity (Wildman–Crippen MR) is 146 cm³/mol. The number of nitrogens with zero attached hydrogens (tertiary/aromatic N) is 4. The van der Waals surface area contributed by atoms with Crippen LogP contribution in [0.2, 0.25) is 5.02 Å². The molecule has 3 aromatic rings. The van der Waals surface area contributed by atoms with Crippen molar-refractivity contribution in [2.45, 2.75) is 13.5 Å². The predicted octanol–water partition coefficient (Wildman–Crippen LogP) is 3.10. The van der Waals surface area contributed by atoms with E-state index in [0.717, 1.165) is 43.3 Å². The first kappa shape index (κ1) is 26.5. The maximum atomic E-state index is 12.9. The van der Waals surface area contributed by atoms with Crippen molar-refractivity contribution in [3.63, 3.8) is 0 Å². The molecular formula is C27H32ClN7O2. The van der Waals surface area contributed by atoms with Gasteiger partial charge in [-0.15, -0.1) is 0 Å². The summed E-state index contributed by atoms with van der Waals surface area (Å²) in [5.41, 5.74) is 2.04. The Morgan fingerprint density at radius 1 is 0.892 bits per heavy atom. The van der Waals surface area contributed by atoms with E-state index < -0.39 is 0 Å². The Balaban J connectivity index is 1.33. The molecule has 0 saturated carbocycles. The Morgan fingerprint density at radius 2 is 1.62 bits per heavy atom. The second-order valence-electron chi connectivity index (χ2n) is 8.97. The van der Waals surface area contributed by atoms with Crippen LogP contribution in [0.4, 0.5) is 11.6 Å². The molecule has 0 bridgehead atoms. The number of carbonyl (C=O) groups excluding carboxylic acids is 2. The third-order valence-electron chi connectivity index (χ3n) is 5.96. The van der Waals surface area contributed by atoms with Gasteiger partial charge in [0.25, 0.3) is 0 Å². The van der Waals surface area contributed by atoms with E-state index in [1.54, 1.807) is 6.07 Å². The number of nitrogens with one attached hydrogen (secondary N) is 3. The van der Waals surface area contributed by atoms with Crippen molar-refractivity contribution in [2.75, 3.05) is 56.4 Å². The molecule has 0 atom stereocenters. The second-order valence-corrected chi connectivity index (χ2v) is 9.40. The van der Waals surface area contributed by atoms with Gasteiger partial charge in [0.15, 0.2) is 5.82 Å². The van der Waals surface area contributed by atoms with Gasteiger partial charge in [-0.2, -0.15) is 0 Å². The minimum Gasteiger partial charge on any atom is -0.368 e. The van der Waals surface area contributed by atoms with Crippen molar-refractivity contribution in [3.05, 3.63) is 71.2 Å². The Labute approximate surface area is 222 Å². The van der Waals surface area contributed by atoms with Crippen molar-refractivity contribution in [3.8, 4) is 11.4 Å². The Kier molecular flexibility index (Phi) is 9.42. The molecule has 2 aromatic carbocycles. The molecule has 4 rings (SSSR count). The second kappa shape index (κ2) is 13.1. The molecule has 1 saturated heterocycles. The molecule has 2 amide bonds. The van der Waals surface area contributed by atoms with Crippen LogP contribution in [0.15, 0.2) is 60.7 Å². The lowest BCUT2D eigenvalue weighted by atomic mass is 10.2. The quantitative estimate of drug-likeness (QED) is 0.352. The van der Waals surface area contributed by atoms with E-state index in [9.17, 15) is 9.59 Å². The van der Waals surface area contributed by atoms with E-state index >= 15 is 0 Å². The van der Waals surface area contributed by atoms with Gasteiger partial charge >= 0.3 is 0 Å². The number of hydrogen-bond donors (Lipinski definition) is 3. The van der Waals surface area contributed by atoms with E-state index in [1.165, 1.54) is 12.5 Å². The van der Waals surface area contributed by atoms with Gasteiger partial charge in [0, 0.05) is 69.4 Å². The van der Waals surface area contributed by atoms with Gasteiger partial charge in [-0.05, 0) is 17.7 Å². The third-order valence-corrected chi connectivity index (χ3v) is 6.19. The Morgan fingerprint density at radius 3 is 2.35 bits per heavy atom. The maximum Gasteiger partial charge on any atom is 0.239 e. The number of carbonyl (C=O) groups is 2. The van der Waals surface area contributed by atoms with Gasteiger partial charge in [0.1, 0.15) is 11.6 Å². The molecule has 1 aliphatic heterocycles. The fourth-order valence-corrected chi connectivity index (χ4v) is 4.34. The van der Waals surface area contributed by atoms with Crippen LogP contribution >= 0.6 is 11.6 Å². The van der Waals surface area contributed by atoms with Crippen LogP contribution in [-0.4, -0.2) is 77.4 Å². The number of anilines is 2. The molecule has 10 heteroatoms. The summed E-state index contributed by atoms with van der Waals surface area (Å²) in [6.07, 6.45) is 0. The summed E-state index contributed by atoms with van der Waals surface area (Å²) in [5.74, 6) is 1.30. The summed E-state index contributed by atoms with van der Waals surface area (Å²) in [4.78, 5) is 37.7. The highest BCUT2D eigenvalue weighted by atomic mass is 35.5. The molecular weight excluding hydrogens is 490 g/mol. The molecule has 0 spiro atoms. The lowest BCUT2D eigenvalue weighted by molar-refractivity contribution is -0.119. The summed E-state index contributed by atoms with van der Waals surface area (Å²) in [6, 6.07) is 19.2. The normalized spacial score (nSPS) is 14.2. The highest BCUT2D eigenvalue weighted by Gasteiger charge is 2.20. The zero-order valence-corrected chi connectivity index (χ0v) is 21.7. The van der Waals surface area contributed by atoms with E-state index in [0.29, 0.717) is 37.1 Å². The lowest BCUT2D eigenvalue weighted by Gasteiger charge is -2.34. The fourth-order valence-electron chi connectivity index (χ4n) is 4.13. The fraction of sp³-hybridized carbons (Fsp3) is 0.333. The molecule has 0 aliphatic carbocycles. The summed E-state index contributed by atoms with van der Waals surface area (Å²) in [7, 11) is 0. The van der Waals surface area contributed by atoms with Crippen LogP contribution in [0.1, 0.15) is 12.5 Å². The summed E-state index contributed by atoms with van der Waals surface area (Å²) < 4.78 is 0. The van der Waals surface area contributed by atoms with Crippen molar-refractivity contribution in [1.29, 1.82) is 0 Å². The zero-order chi connectivity index (χ0) is 26.0. The molecule has 3 N–H and O–H groups in total. The van der Waals surface area contributed by atoms with Gasteiger partial charge in [-0.1, -0.05) is 54.1 Å². The van der Waals surface area contributed by atoms with E-state index in [1.807, 2.05) is 48.5 Å². The highest BCUT2D eigenvalue weighted by Crippen LogP contribution is 2.20. The molecule has 37 heavy (non-hydrogen) atoms. The average molecular weight is 522 g/mol. The SMILES string of the molecule is CC(=O)NCCNc1cc(NC(=O)CN2CCN(Cc3cccc(Cl)c3)CC2)nc(-c2ccccc2)n1. The van der Waals surface area contributed by atoms with Gasteiger partial charge in [0.05, 0.1) is 6.54 Å². The van der Waals surface area contributed by atoms with Crippen molar-refractivity contribution in [2.24, 2.45) is 0 Å². The van der Waals surface area contributed by atoms with E-state index in [4.69, 9.17) is 11.6 Å². The van der Waals surface area contributed by atoms with Crippen LogP contribution in [-0.2, 0) is 16.1 Å². The molecule has 1 aliphatic rings. The van der Waals surface area contributed by atoms with Gasteiger partial charge in [-0.3, -0.25) is 19.4 Å². The number of piperazine rings is 1. The summed E-state index contributed by atoms with van der Waals surface area (Å²) >= 11 is 6.11. The van der Waals surface area contributed by atoms with Gasteiger partial charge in [-0.25, -0.2) is 9.97 Å². The van der Waals surface area contributed by atoms with Crippen molar-refractivity contribution >= 4 is 35.1 Å². The number of hydrogen-bond acceptors (Lipinski definition) is 7. The lowest BCUT2D eigenvalue weighted by Crippen LogP contribution is -2.48. The standard InChI is InChI=1S/C27H32ClN7O2/c1-20(36)29-10-11-30-24-17-25(33-27(32-24)22-7-3-2-4-8-22)31-26(37)19-35-14-12-34(13-15-35)18-21-6-5-9-23(28)16-21/h2-9,16-17H,10-15,18-19H2,1H3,(H,29,36)(H2,30,31,32,33,37). The first-order valence-corrected chi connectivity index (χ1v) is 12.7. The third kappa shape index (κ3) is 8.52. The maximum absolute atomic E-state index is 12.9. The van der Waals surface area contributed by atoms with Crippen LogP contribution in [0, 0.1) is 0 Å². The molecule has 0 unspecified atom stereocenters. The average Bonchev–Trinajstić information content (AvgIpc) is 2.88. The van der Waals surface area contributed by atoms with Crippen molar-refractivity contribution < 1.29 is 9.59 Å². The zero-order valence-electron chi connectivity index (χ0n) is 20.9. The monoisotopic (exact) mass is 521 g/mol. The minimum atomic E-state index is -0.120. The number of halogens is 1. The summed E-state index contributed by atoms with van der Waals surface area (Å²) in [5, 5.41) is 9.62. The Bertz CT molecular complexity index is 1200. The Hall–Kier alpha value is -3.53. The topological polar surface area (TPSA) is 102 Å². The van der Waals surface area contributed by atoms with Crippen LogP contribution < -0.4 is 16.0 Å². The highest BCUT2D eigenvalue weighted by molar-refractivity contribution is 6.30. The number of benzene rings is 2. The van der Waals surface area contributed by atoms with Crippen molar-refractivity contribution in [1.82, 2.24) is 25.1 Å². The van der Waals surface area contributed by atoms with Crippen LogP contribution in [0.5, 0.6) is 0 Å². The molecule has 194 valence electrons. The first-order chi connectivity index (χ1) is 17.9. The van der Waals surface area contributed by atoms with E-state index in [2.05, 4.69) is 41.8 Å². The first-order valence-electron chi connectivity index (χ1n) is 12.4. The number of rotatable bonds is 10. The van der Waals surface area contributed by atoms with E-state index in [-0.39, 0.29) is 11.8 Å². The number of amides is 2. The molecule has 2 heterocycles. The molecule has 1 fully saturated rings. The molecule has 9 nitrogen and oxygen atoms in total. The van der Waals surface area contributed by atoms with Crippen LogP contribution in [0.3, 0.4) is 0 Å². The number of aromatic nitrogens is 2. The van der Waals surface area contributed by atoms with Gasteiger partial charge in [0.2, 0.25) is 11.8 Å².